The molecule has 0 aliphatic heterocycles. The highest BCUT2D eigenvalue weighted by atomic mass is 35.5. The molecule has 2 N–H and O–H groups in total. The van der Waals surface area contributed by atoms with Crippen LogP contribution in [-0.2, 0) is 9.59 Å². The van der Waals surface area contributed by atoms with Crippen LogP contribution in [0.1, 0.15) is 18.5 Å². The third-order valence-corrected chi connectivity index (χ3v) is 4.59. The van der Waals surface area contributed by atoms with Crippen LogP contribution < -0.4 is 10.6 Å². The number of nitrogens with one attached hydrogen (secondary N) is 2. The average Bonchev–Trinajstić information content (AvgIpc) is 2.56. The van der Waals surface area contributed by atoms with Gasteiger partial charge in [0.1, 0.15) is 11.6 Å². The second kappa shape index (κ2) is 9.54. The van der Waals surface area contributed by atoms with Gasteiger partial charge in [0.2, 0.25) is 11.8 Å². The van der Waals surface area contributed by atoms with Crippen molar-refractivity contribution in [2.75, 3.05) is 16.8 Å². The third kappa shape index (κ3) is 6.31. The Morgan fingerprint density at radius 2 is 1.73 bits per heavy atom. The van der Waals surface area contributed by atoms with Crippen LogP contribution in [0.5, 0.6) is 0 Å². The van der Waals surface area contributed by atoms with Gasteiger partial charge in [-0.05, 0) is 37.3 Å². The molecule has 0 unspecified atom stereocenters. The summed E-state index contributed by atoms with van der Waals surface area (Å²) in [6.45, 7) is 1.60. The van der Waals surface area contributed by atoms with Gasteiger partial charge >= 0.3 is 0 Å². The SMILES string of the molecule is C[C@@H](NC(=O)CSCC(=O)Nc1ccc(Cl)cc1)c1ccc(F)cc1F. The third-order valence-electron chi connectivity index (χ3n) is 3.40. The highest BCUT2D eigenvalue weighted by Crippen LogP contribution is 2.18. The molecule has 0 saturated heterocycles. The number of hydrogen-bond donors (Lipinski definition) is 2. The summed E-state index contributed by atoms with van der Waals surface area (Å²) in [6, 6.07) is 9.27. The predicted molar refractivity (Wildman–Crippen MR) is 100 cm³/mol. The van der Waals surface area contributed by atoms with Gasteiger partial charge in [-0.25, -0.2) is 8.78 Å². The molecule has 26 heavy (non-hydrogen) atoms. The Balaban J connectivity index is 1.74. The summed E-state index contributed by atoms with van der Waals surface area (Å²) >= 11 is 6.90. The van der Waals surface area contributed by atoms with Crippen LogP contribution in [0.3, 0.4) is 0 Å². The molecule has 1 atom stereocenters. The van der Waals surface area contributed by atoms with E-state index in [-0.39, 0.29) is 28.9 Å². The maximum atomic E-state index is 13.7. The molecular weight excluding hydrogens is 382 g/mol. The number of hydrogen-bond acceptors (Lipinski definition) is 3. The summed E-state index contributed by atoms with van der Waals surface area (Å²) in [6.07, 6.45) is 0. The van der Waals surface area contributed by atoms with Gasteiger partial charge in [-0.2, -0.15) is 0 Å². The monoisotopic (exact) mass is 398 g/mol. The van der Waals surface area contributed by atoms with Crippen LogP contribution in [0.2, 0.25) is 5.02 Å². The Bertz CT molecular complexity index is 787. The molecular formula is C18H17ClF2N2O2S. The molecule has 2 amide bonds. The molecule has 2 aromatic carbocycles. The van der Waals surface area contributed by atoms with Crippen molar-refractivity contribution < 1.29 is 18.4 Å². The molecule has 0 saturated carbocycles. The van der Waals surface area contributed by atoms with E-state index in [0.29, 0.717) is 10.7 Å². The molecule has 8 heteroatoms. The lowest BCUT2D eigenvalue weighted by Gasteiger charge is -2.15. The first-order valence-corrected chi connectivity index (χ1v) is 9.26. The first-order valence-electron chi connectivity index (χ1n) is 7.72. The summed E-state index contributed by atoms with van der Waals surface area (Å²) in [7, 11) is 0. The minimum atomic E-state index is -0.715. The summed E-state index contributed by atoms with van der Waals surface area (Å²) in [4.78, 5) is 23.7. The van der Waals surface area contributed by atoms with Gasteiger partial charge in [-0.1, -0.05) is 17.7 Å². The van der Waals surface area contributed by atoms with Gasteiger partial charge in [0, 0.05) is 22.3 Å². The summed E-state index contributed by atoms with van der Waals surface area (Å²) in [5.74, 6) is -1.84. The van der Waals surface area contributed by atoms with Crippen molar-refractivity contribution in [3.05, 3.63) is 64.7 Å². The second-order valence-corrected chi connectivity index (χ2v) is 6.92. The van der Waals surface area contributed by atoms with E-state index in [0.717, 1.165) is 23.9 Å². The molecule has 0 radical (unpaired) electrons. The van der Waals surface area contributed by atoms with Crippen LogP contribution in [0.4, 0.5) is 14.5 Å². The molecule has 2 rings (SSSR count). The molecule has 0 heterocycles. The number of amides is 2. The van der Waals surface area contributed by atoms with Crippen LogP contribution in [0, 0.1) is 11.6 Å². The van der Waals surface area contributed by atoms with Crippen molar-refractivity contribution >= 4 is 40.9 Å². The number of thioether (sulfide) groups is 1. The number of anilines is 1. The summed E-state index contributed by atoms with van der Waals surface area (Å²) < 4.78 is 26.6. The van der Waals surface area contributed by atoms with Crippen LogP contribution >= 0.6 is 23.4 Å². The lowest BCUT2D eigenvalue weighted by molar-refractivity contribution is -0.119. The molecule has 0 aromatic heterocycles. The molecule has 4 nitrogen and oxygen atoms in total. The van der Waals surface area contributed by atoms with Crippen molar-refractivity contribution in [2.24, 2.45) is 0 Å². The largest absolute Gasteiger partial charge is 0.349 e. The van der Waals surface area contributed by atoms with Crippen LogP contribution in [0.25, 0.3) is 0 Å². The van der Waals surface area contributed by atoms with Crippen molar-refractivity contribution in [1.29, 1.82) is 0 Å². The zero-order valence-electron chi connectivity index (χ0n) is 13.9. The summed E-state index contributed by atoms with van der Waals surface area (Å²) in [5.41, 5.74) is 0.815. The van der Waals surface area contributed by atoms with E-state index in [2.05, 4.69) is 10.6 Å². The highest BCUT2D eigenvalue weighted by molar-refractivity contribution is 8.00. The minimum Gasteiger partial charge on any atom is -0.349 e. The molecule has 0 fully saturated rings. The van der Waals surface area contributed by atoms with E-state index in [1.165, 1.54) is 6.07 Å². The number of carbonyl (C=O) groups is 2. The van der Waals surface area contributed by atoms with E-state index < -0.39 is 17.7 Å². The van der Waals surface area contributed by atoms with E-state index in [9.17, 15) is 18.4 Å². The van der Waals surface area contributed by atoms with E-state index in [4.69, 9.17) is 11.6 Å². The van der Waals surface area contributed by atoms with Crippen LogP contribution in [-0.4, -0.2) is 23.3 Å². The van der Waals surface area contributed by atoms with Crippen molar-refractivity contribution in [3.8, 4) is 0 Å². The Hall–Kier alpha value is -2.12. The first-order chi connectivity index (χ1) is 12.3. The molecule has 0 aliphatic carbocycles. The maximum absolute atomic E-state index is 13.7. The molecule has 0 bridgehead atoms. The number of halogens is 3. The normalized spacial score (nSPS) is 11.7. The Kier molecular flexibility index (Phi) is 7.41. The van der Waals surface area contributed by atoms with Gasteiger partial charge in [-0.3, -0.25) is 9.59 Å². The summed E-state index contributed by atoms with van der Waals surface area (Å²) in [5, 5.41) is 5.87. The topological polar surface area (TPSA) is 58.2 Å². The van der Waals surface area contributed by atoms with Crippen molar-refractivity contribution in [1.82, 2.24) is 5.32 Å². The number of rotatable bonds is 7. The standard InChI is InChI=1S/C18H17ClF2N2O2S/c1-11(15-7-4-13(20)8-16(15)21)22-17(24)9-26-10-18(25)23-14-5-2-12(19)3-6-14/h2-8,11H,9-10H2,1H3,(H,22,24)(H,23,25)/t11-/m1/s1. The van der Waals surface area contributed by atoms with E-state index >= 15 is 0 Å². The van der Waals surface area contributed by atoms with Gasteiger partial charge in [0.05, 0.1) is 17.5 Å². The number of benzene rings is 2. The zero-order chi connectivity index (χ0) is 19.1. The fourth-order valence-electron chi connectivity index (χ4n) is 2.18. The lowest BCUT2D eigenvalue weighted by Crippen LogP contribution is -2.29. The maximum Gasteiger partial charge on any atom is 0.234 e. The second-order valence-electron chi connectivity index (χ2n) is 5.50. The minimum absolute atomic E-state index is 0.0428. The first kappa shape index (κ1) is 20.2. The fourth-order valence-corrected chi connectivity index (χ4v) is 2.93. The molecule has 138 valence electrons. The Morgan fingerprint density at radius 1 is 1.08 bits per heavy atom. The van der Waals surface area contributed by atoms with Crippen molar-refractivity contribution in [2.45, 2.75) is 13.0 Å². The molecule has 0 aliphatic rings. The van der Waals surface area contributed by atoms with Gasteiger partial charge in [-0.15, -0.1) is 11.8 Å². The number of carbonyl (C=O) groups excluding carboxylic acids is 2. The zero-order valence-corrected chi connectivity index (χ0v) is 15.5. The quantitative estimate of drug-likeness (QED) is 0.736. The average molecular weight is 399 g/mol. The van der Waals surface area contributed by atoms with Crippen LogP contribution in [0.15, 0.2) is 42.5 Å². The van der Waals surface area contributed by atoms with Crippen molar-refractivity contribution in [3.63, 3.8) is 0 Å². The lowest BCUT2D eigenvalue weighted by atomic mass is 10.1. The van der Waals surface area contributed by atoms with E-state index in [1.807, 2.05) is 0 Å². The highest BCUT2D eigenvalue weighted by Gasteiger charge is 2.14. The molecule has 0 spiro atoms. The van der Waals surface area contributed by atoms with E-state index in [1.54, 1.807) is 31.2 Å². The Labute approximate surface area is 159 Å². The smallest absolute Gasteiger partial charge is 0.234 e. The fraction of sp³-hybridized carbons (Fsp3) is 0.222. The van der Waals surface area contributed by atoms with Gasteiger partial charge in [0.25, 0.3) is 0 Å². The van der Waals surface area contributed by atoms with Gasteiger partial charge < -0.3 is 10.6 Å². The predicted octanol–water partition coefficient (Wildman–Crippen LogP) is 4.17. The van der Waals surface area contributed by atoms with Gasteiger partial charge in [0.15, 0.2) is 0 Å². The Morgan fingerprint density at radius 3 is 2.38 bits per heavy atom. The molecule has 2 aromatic rings.